The minimum absolute atomic E-state index is 0.238. The number of rotatable bonds is 2. The molecule has 23 heavy (non-hydrogen) atoms. The number of hydrogen-bond donors (Lipinski definition) is 1. The molecule has 0 bridgehead atoms. The lowest BCUT2D eigenvalue weighted by atomic mass is 9.97. The average molecular weight is 319 g/mol. The van der Waals surface area contributed by atoms with Gasteiger partial charge in [0.05, 0.1) is 6.42 Å². The molecule has 0 radical (unpaired) electrons. The molecule has 1 N–H and O–H groups in total. The number of hydrogen-bond acceptors (Lipinski definition) is 3. The summed E-state index contributed by atoms with van der Waals surface area (Å²) in [7, 11) is 0. The van der Waals surface area contributed by atoms with Crippen LogP contribution >= 0.6 is 11.3 Å². The zero-order chi connectivity index (χ0) is 15.8. The molecule has 0 atom stereocenters. The van der Waals surface area contributed by atoms with Crippen LogP contribution in [0.1, 0.15) is 15.9 Å². The highest BCUT2D eigenvalue weighted by Gasteiger charge is 2.22. The van der Waals surface area contributed by atoms with E-state index in [0.717, 1.165) is 16.0 Å². The molecule has 0 saturated heterocycles. The third-order valence-corrected chi connectivity index (χ3v) is 5.09. The fourth-order valence-corrected chi connectivity index (χ4v) is 3.76. The summed E-state index contributed by atoms with van der Waals surface area (Å²) in [5.41, 5.74) is 3.57. The maximum atomic E-state index is 12.0. The Morgan fingerprint density at radius 3 is 2.35 bits per heavy atom. The van der Waals surface area contributed by atoms with Crippen molar-refractivity contribution in [3.63, 3.8) is 0 Å². The number of nitrogens with one attached hydrogen (secondary N) is 1. The van der Waals surface area contributed by atoms with Crippen LogP contribution in [0.25, 0.3) is 20.9 Å². The van der Waals surface area contributed by atoms with Gasteiger partial charge in [-0.05, 0) is 34.9 Å². The van der Waals surface area contributed by atoms with Gasteiger partial charge in [-0.1, -0.05) is 42.5 Å². The van der Waals surface area contributed by atoms with Gasteiger partial charge in [-0.25, -0.2) is 0 Å². The fourth-order valence-electron chi connectivity index (χ4n) is 2.76. The Hall–Kier alpha value is -2.72. The lowest BCUT2D eigenvalue weighted by Gasteiger charge is -2.15. The Labute approximate surface area is 137 Å². The van der Waals surface area contributed by atoms with Gasteiger partial charge in [0.25, 0.3) is 5.91 Å². The summed E-state index contributed by atoms with van der Waals surface area (Å²) in [5, 5.41) is 2.37. The van der Waals surface area contributed by atoms with E-state index >= 15 is 0 Å². The van der Waals surface area contributed by atoms with E-state index in [1.807, 2.05) is 36.4 Å². The zero-order valence-corrected chi connectivity index (χ0v) is 13.0. The summed E-state index contributed by atoms with van der Waals surface area (Å²) in [5.74, 6) is -0.546. The third kappa shape index (κ3) is 2.58. The van der Waals surface area contributed by atoms with Gasteiger partial charge in [-0.15, -0.1) is 11.3 Å². The van der Waals surface area contributed by atoms with E-state index in [9.17, 15) is 9.59 Å². The monoisotopic (exact) mass is 319 g/mol. The standard InChI is InChI=1S/C19H13NO2S/c21-18-11-13-6-7-14(10-15(13)19(22)20-18)17-9-8-16(23-17)12-4-2-1-3-5-12/h1-10H,11H2,(H,20,21,22). The quantitative estimate of drug-likeness (QED) is 0.728. The van der Waals surface area contributed by atoms with Crippen molar-refractivity contribution >= 4 is 23.2 Å². The molecule has 2 amide bonds. The van der Waals surface area contributed by atoms with Crippen molar-refractivity contribution in [1.29, 1.82) is 0 Å². The lowest BCUT2D eigenvalue weighted by Crippen LogP contribution is -2.37. The van der Waals surface area contributed by atoms with Gasteiger partial charge < -0.3 is 0 Å². The zero-order valence-electron chi connectivity index (χ0n) is 12.2. The topological polar surface area (TPSA) is 46.2 Å². The number of fused-ring (bicyclic) bond motifs is 1. The van der Waals surface area contributed by atoms with Crippen LogP contribution in [0, 0.1) is 0 Å². The molecule has 2 heterocycles. The minimum atomic E-state index is -0.307. The number of imide groups is 1. The SMILES string of the molecule is O=C1Cc2ccc(-c3ccc(-c4ccccc4)s3)cc2C(=O)N1. The van der Waals surface area contributed by atoms with E-state index in [4.69, 9.17) is 0 Å². The van der Waals surface area contributed by atoms with Crippen molar-refractivity contribution in [3.05, 3.63) is 71.8 Å². The Balaban J connectivity index is 1.72. The number of amides is 2. The largest absolute Gasteiger partial charge is 0.292 e. The normalized spacial score (nSPS) is 13.6. The molecule has 2 aromatic carbocycles. The summed E-state index contributed by atoms with van der Waals surface area (Å²) < 4.78 is 0. The van der Waals surface area contributed by atoms with Crippen molar-refractivity contribution in [2.45, 2.75) is 6.42 Å². The first-order valence-electron chi connectivity index (χ1n) is 7.33. The Bertz CT molecular complexity index is 912. The number of carbonyl (C=O) groups excluding carboxylic acids is 2. The van der Waals surface area contributed by atoms with Crippen LogP contribution in [0.3, 0.4) is 0 Å². The first-order chi connectivity index (χ1) is 11.2. The van der Waals surface area contributed by atoms with Gasteiger partial charge >= 0.3 is 0 Å². The van der Waals surface area contributed by atoms with Crippen LogP contribution in [-0.4, -0.2) is 11.8 Å². The van der Waals surface area contributed by atoms with Gasteiger partial charge in [0.2, 0.25) is 5.91 Å². The predicted octanol–water partition coefficient (Wildman–Crippen LogP) is 3.89. The fraction of sp³-hybridized carbons (Fsp3) is 0.0526. The molecule has 0 fully saturated rings. The smallest absolute Gasteiger partial charge is 0.258 e. The molecule has 0 spiro atoms. The van der Waals surface area contributed by atoms with Crippen LogP contribution in [0.5, 0.6) is 0 Å². The molecule has 112 valence electrons. The maximum absolute atomic E-state index is 12.0. The Kier molecular flexibility index (Phi) is 3.32. The molecule has 0 unspecified atom stereocenters. The molecule has 1 aromatic heterocycles. The molecule has 4 heteroatoms. The summed E-state index contributed by atoms with van der Waals surface area (Å²) in [4.78, 5) is 25.7. The number of thiophene rings is 1. The molecule has 1 aliphatic rings. The first-order valence-corrected chi connectivity index (χ1v) is 8.15. The third-order valence-electron chi connectivity index (χ3n) is 3.91. The molecular weight excluding hydrogens is 306 g/mol. The predicted molar refractivity (Wildman–Crippen MR) is 91.4 cm³/mol. The molecule has 4 rings (SSSR count). The van der Waals surface area contributed by atoms with Gasteiger partial charge in [0.15, 0.2) is 0 Å². The lowest BCUT2D eigenvalue weighted by molar-refractivity contribution is -0.119. The van der Waals surface area contributed by atoms with Crippen molar-refractivity contribution < 1.29 is 9.59 Å². The van der Waals surface area contributed by atoms with Crippen LogP contribution in [0.15, 0.2) is 60.7 Å². The van der Waals surface area contributed by atoms with E-state index in [1.165, 1.54) is 10.4 Å². The molecule has 1 aliphatic heterocycles. The second-order valence-electron chi connectivity index (χ2n) is 5.46. The summed E-state index contributed by atoms with van der Waals surface area (Å²) in [6, 6.07) is 20.1. The minimum Gasteiger partial charge on any atom is -0.292 e. The van der Waals surface area contributed by atoms with E-state index in [2.05, 4.69) is 29.6 Å². The summed E-state index contributed by atoms with van der Waals surface area (Å²) in [6.45, 7) is 0. The number of benzene rings is 2. The Morgan fingerprint density at radius 2 is 1.57 bits per heavy atom. The van der Waals surface area contributed by atoms with Crippen LogP contribution < -0.4 is 5.32 Å². The van der Waals surface area contributed by atoms with E-state index in [-0.39, 0.29) is 18.2 Å². The van der Waals surface area contributed by atoms with E-state index < -0.39 is 0 Å². The first kappa shape index (κ1) is 13.9. The van der Waals surface area contributed by atoms with Gasteiger partial charge in [-0.3, -0.25) is 14.9 Å². The number of carbonyl (C=O) groups is 2. The summed E-state index contributed by atoms with van der Waals surface area (Å²) in [6.07, 6.45) is 0.265. The van der Waals surface area contributed by atoms with Gasteiger partial charge in [0.1, 0.15) is 0 Å². The van der Waals surface area contributed by atoms with Crippen LogP contribution in [-0.2, 0) is 11.2 Å². The highest BCUT2D eigenvalue weighted by atomic mass is 32.1. The second-order valence-corrected chi connectivity index (χ2v) is 6.54. The van der Waals surface area contributed by atoms with Gasteiger partial charge in [-0.2, -0.15) is 0 Å². The van der Waals surface area contributed by atoms with Crippen molar-refractivity contribution in [2.75, 3.05) is 0 Å². The average Bonchev–Trinajstić information content (AvgIpc) is 3.05. The van der Waals surface area contributed by atoms with Gasteiger partial charge in [0, 0.05) is 15.3 Å². The second kappa shape index (κ2) is 5.48. The van der Waals surface area contributed by atoms with Crippen LogP contribution in [0.2, 0.25) is 0 Å². The maximum Gasteiger partial charge on any atom is 0.258 e. The molecule has 3 aromatic rings. The molecule has 0 aliphatic carbocycles. The van der Waals surface area contributed by atoms with E-state index in [0.29, 0.717) is 5.56 Å². The van der Waals surface area contributed by atoms with E-state index in [1.54, 1.807) is 11.3 Å². The summed E-state index contributed by atoms with van der Waals surface area (Å²) >= 11 is 1.69. The van der Waals surface area contributed by atoms with Crippen LogP contribution in [0.4, 0.5) is 0 Å². The van der Waals surface area contributed by atoms with Crippen molar-refractivity contribution in [1.82, 2.24) is 5.32 Å². The molecular formula is C19H13NO2S. The molecule has 3 nitrogen and oxygen atoms in total. The van der Waals surface area contributed by atoms with Crippen molar-refractivity contribution in [3.8, 4) is 20.9 Å². The molecule has 0 saturated carbocycles. The highest BCUT2D eigenvalue weighted by molar-refractivity contribution is 7.18. The van der Waals surface area contributed by atoms with Crippen molar-refractivity contribution in [2.24, 2.45) is 0 Å². The highest BCUT2D eigenvalue weighted by Crippen LogP contribution is 2.35. The Morgan fingerprint density at radius 1 is 0.826 bits per heavy atom.